The molecular formula is C21H27ClN6O. The highest BCUT2D eigenvalue weighted by atomic mass is 35.5. The number of carbonyl (C=O) groups excluding carboxylic acids is 1. The Morgan fingerprint density at radius 3 is 2.62 bits per heavy atom. The molecule has 2 heterocycles. The number of amides is 1. The van der Waals surface area contributed by atoms with Crippen molar-refractivity contribution in [2.75, 3.05) is 23.7 Å². The van der Waals surface area contributed by atoms with Crippen LogP contribution in [0.25, 0.3) is 0 Å². The minimum atomic E-state index is 0.206. The molecule has 154 valence electrons. The molecule has 2 fully saturated rings. The lowest BCUT2D eigenvalue weighted by Gasteiger charge is -2.24. The summed E-state index contributed by atoms with van der Waals surface area (Å²) in [5.41, 5.74) is 2.82. The molecule has 2 aromatic heterocycles. The fourth-order valence-corrected chi connectivity index (χ4v) is 3.47. The monoisotopic (exact) mass is 414 g/mol. The third kappa shape index (κ3) is 5.35. The summed E-state index contributed by atoms with van der Waals surface area (Å²) < 4.78 is 0. The van der Waals surface area contributed by atoms with Crippen molar-refractivity contribution in [3.63, 3.8) is 0 Å². The van der Waals surface area contributed by atoms with Crippen molar-refractivity contribution < 1.29 is 4.79 Å². The second kappa shape index (κ2) is 9.39. The quantitative estimate of drug-likeness (QED) is 0.402. The summed E-state index contributed by atoms with van der Waals surface area (Å²) >= 11 is 5.79. The second-order valence-electron chi connectivity index (χ2n) is 7.77. The van der Waals surface area contributed by atoms with Crippen LogP contribution in [-0.2, 0) is 10.7 Å². The van der Waals surface area contributed by atoms with Crippen LogP contribution in [-0.4, -0.2) is 33.9 Å². The van der Waals surface area contributed by atoms with Crippen LogP contribution < -0.4 is 16.0 Å². The molecule has 29 heavy (non-hydrogen) atoms. The van der Waals surface area contributed by atoms with E-state index in [0.717, 1.165) is 43.0 Å². The van der Waals surface area contributed by atoms with E-state index in [2.05, 4.69) is 30.9 Å². The van der Waals surface area contributed by atoms with Crippen molar-refractivity contribution in [1.29, 1.82) is 0 Å². The number of alkyl halides is 1. The van der Waals surface area contributed by atoms with Gasteiger partial charge in [0.15, 0.2) is 0 Å². The summed E-state index contributed by atoms with van der Waals surface area (Å²) in [6.45, 7) is 1.45. The standard InChI is InChI=1S/C21H27ClN6O/c22-11-16-7-8-17(12-25-16)27-21-26-13-18(14-5-6-14)19(28-21)23-9-2-10-24-20(29)15-3-1-4-15/h7-8,12-15H,1-6,9-11H2,(H,24,29)(H2,23,26,27,28). The Balaban J connectivity index is 1.32. The maximum atomic E-state index is 11.9. The Bertz CT molecular complexity index is 836. The number of pyridine rings is 1. The molecule has 2 saturated carbocycles. The van der Waals surface area contributed by atoms with Crippen molar-refractivity contribution in [3.8, 4) is 0 Å². The molecule has 7 nitrogen and oxygen atoms in total. The lowest BCUT2D eigenvalue weighted by Crippen LogP contribution is -2.35. The summed E-state index contributed by atoms with van der Waals surface area (Å²) in [6, 6.07) is 3.80. The molecule has 2 aromatic rings. The smallest absolute Gasteiger partial charge is 0.229 e. The first-order valence-corrected chi connectivity index (χ1v) is 10.9. The van der Waals surface area contributed by atoms with Gasteiger partial charge < -0.3 is 16.0 Å². The average Bonchev–Trinajstić information content (AvgIpc) is 3.52. The van der Waals surface area contributed by atoms with Gasteiger partial charge in [0.05, 0.1) is 23.5 Å². The lowest BCUT2D eigenvalue weighted by molar-refractivity contribution is -0.127. The molecule has 3 N–H and O–H groups in total. The number of nitrogens with one attached hydrogen (secondary N) is 3. The number of aromatic nitrogens is 3. The van der Waals surface area contributed by atoms with Crippen LogP contribution in [0.5, 0.6) is 0 Å². The van der Waals surface area contributed by atoms with E-state index in [1.165, 1.54) is 24.8 Å². The van der Waals surface area contributed by atoms with Gasteiger partial charge in [0.1, 0.15) is 5.82 Å². The normalized spacial score (nSPS) is 16.2. The van der Waals surface area contributed by atoms with Gasteiger partial charge in [0.25, 0.3) is 0 Å². The first-order valence-electron chi connectivity index (χ1n) is 10.4. The molecule has 0 aliphatic heterocycles. The van der Waals surface area contributed by atoms with Crippen LogP contribution in [0.3, 0.4) is 0 Å². The van der Waals surface area contributed by atoms with E-state index in [-0.39, 0.29) is 11.8 Å². The minimum Gasteiger partial charge on any atom is -0.370 e. The summed E-state index contributed by atoms with van der Waals surface area (Å²) in [4.78, 5) is 25.3. The van der Waals surface area contributed by atoms with Gasteiger partial charge in [-0.15, -0.1) is 11.6 Å². The summed E-state index contributed by atoms with van der Waals surface area (Å²) in [5, 5.41) is 9.67. The molecule has 0 atom stereocenters. The maximum Gasteiger partial charge on any atom is 0.229 e. The fraction of sp³-hybridized carbons (Fsp3) is 0.524. The maximum absolute atomic E-state index is 11.9. The molecule has 0 spiro atoms. The number of hydrogen-bond donors (Lipinski definition) is 3. The highest BCUT2D eigenvalue weighted by molar-refractivity contribution is 6.16. The summed E-state index contributed by atoms with van der Waals surface area (Å²) in [5.74, 6) is 2.80. The van der Waals surface area contributed by atoms with E-state index in [4.69, 9.17) is 11.6 Å². The molecule has 2 aliphatic carbocycles. The largest absolute Gasteiger partial charge is 0.370 e. The van der Waals surface area contributed by atoms with Crippen LogP contribution in [0.15, 0.2) is 24.5 Å². The molecule has 4 rings (SSSR count). The molecule has 8 heteroatoms. The van der Waals surface area contributed by atoms with Gasteiger partial charge in [-0.2, -0.15) is 4.98 Å². The second-order valence-corrected chi connectivity index (χ2v) is 8.04. The van der Waals surface area contributed by atoms with Gasteiger partial charge in [0.2, 0.25) is 11.9 Å². The molecule has 0 aromatic carbocycles. The predicted octanol–water partition coefficient (Wildman–Crippen LogP) is 3.95. The van der Waals surface area contributed by atoms with Gasteiger partial charge in [-0.05, 0) is 50.2 Å². The molecular weight excluding hydrogens is 388 g/mol. The molecule has 0 bridgehead atoms. The average molecular weight is 415 g/mol. The van der Waals surface area contributed by atoms with Gasteiger partial charge in [0, 0.05) is 30.8 Å². The predicted molar refractivity (Wildman–Crippen MR) is 115 cm³/mol. The van der Waals surface area contributed by atoms with Gasteiger partial charge in [-0.25, -0.2) is 4.98 Å². The Hall–Kier alpha value is -2.41. The number of anilines is 3. The lowest BCUT2D eigenvalue weighted by atomic mass is 9.85. The molecule has 2 aliphatic rings. The number of hydrogen-bond acceptors (Lipinski definition) is 6. The summed E-state index contributed by atoms with van der Waals surface area (Å²) in [7, 11) is 0. The van der Waals surface area contributed by atoms with Gasteiger partial charge >= 0.3 is 0 Å². The van der Waals surface area contributed by atoms with Gasteiger partial charge in [-0.1, -0.05) is 6.42 Å². The topological polar surface area (TPSA) is 91.8 Å². The van der Waals surface area contributed by atoms with Crippen molar-refractivity contribution in [1.82, 2.24) is 20.3 Å². The van der Waals surface area contributed by atoms with Crippen molar-refractivity contribution >= 4 is 35.0 Å². The summed E-state index contributed by atoms with van der Waals surface area (Å²) in [6.07, 6.45) is 10.1. The molecule has 0 radical (unpaired) electrons. The molecule has 0 saturated heterocycles. The van der Waals surface area contributed by atoms with Crippen molar-refractivity contribution in [2.45, 2.75) is 50.3 Å². The molecule has 1 amide bonds. The number of carbonyl (C=O) groups is 1. The number of halogens is 1. The highest BCUT2D eigenvalue weighted by Gasteiger charge is 2.28. The van der Waals surface area contributed by atoms with Crippen molar-refractivity contribution in [2.24, 2.45) is 5.92 Å². The van der Waals surface area contributed by atoms with Crippen LogP contribution in [0.2, 0.25) is 0 Å². The Kier molecular flexibility index (Phi) is 6.44. The number of rotatable bonds is 10. The SMILES string of the molecule is O=C(NCCCNc1nc(Nc2ccc(CCl)nc2)ncc1C1CC1)C1CCC1. The first kappa shape index (κ1) is 19.9. The van der Waals surface area contributed by atoms with E-state index in [9.17, 15) is 4.79 Å². The van der Waals surface area contributed by atoms with Crippen LogP contribution in [0, 0.1) is 5.92 Å². The Labute approximate surface area is 176 Å². The number of nitrogens with zero attached hydrogens (tertiary/aromatic N) is 3. The third-order valence-electron chi connectivity index (χ3n) is 5.47. The van der Waals surface area contributed by atoms with Crippen molar-refractivity contribution in [3.05, 3.63) is 35.8 Å². The highest BCUT2D eigenvalue weighted by Crippen LogP contribution is 2.42. The van der Waals surface area contributed by atoms with Crippen LogP contribution in [0.1, 0.15) is 55.7 Å². The third-order valence-corrected chi connectivity index (χ3v) is 5.75. The van der Waals surface area contributed by atoms with Crippen LogP contribution in [0.4, 0.5) is 17.5 Å². The Morgan fingerprint density at radius 1 is 1.10 bits per heavy atom. The first-order chi connectivity index (χ1) is 14.2. The zero-order chi connectivity index (χ0) is 20.1. The zero-order valence-corrected chi connectivity index (χ0v) is 17.2. The van der Waals surface area contributed by atoms with E-state index >= 15 is 0 Å². The van der Waals surface area contributed by atoms with Crippen LogP contribution >= 0.6 is 11.6 Å². The van der Waals surface area contributed by atoms with E-state index in [1.807, 2.05) is 18.3 Å². The zero-order valence-electron chi connectivity index (χ0n) is 16.5. The van der Waals surface area contributed by atoms with Gasteiger partial charge in [-0.3, -0.25) is 9.78 Å². The van der Waals surface area contributed by atoms with E-state index in [1.54, 1.807) is 6.20 Å². The van der Waals surface area contributed by atoms with E-state index < -0.39 is 0 Å². The molecule has 0 unspecified atom stereocenters. The minimum absolute atomic E-state index is 0.206. The fourth-order valence-electron chi connectivity index (χ4n) is 3.31. The Morgan fingerprint density at radius 2 is 1.97 bits per heavy atom. The van der Waals surface area contributed by atoms with E-state index in [0.29, 0.717) is 24.3 Å².